The van der Waals surface area contributed by atoms with Gasteiger partial charge in [0.1, 0.15) is 11.4 Å². The van der Waals surface area contributed by atoms with Crippen LogP contribution in [0.1, 0.15) is 41.9 Å². The maximum atomic E-state index is 13.0. The minimum absolute atomic E-state index is 0.0338. The van der Waals surface area contributed by atoms with Gasteiger partial charge in [0.25, 0.3) is 5.56 Å². The van der Waals surface area contributed by atoms with E-state index in [4.69, 9.17) is 5.73 Å². The standard InChI is InChI=1S/C23H33N5O4S/c1-15(2)13-28-20(24)19(22(31)26(3)23(28)32)18(29)14-27-10-7-16(8-11-27)21(30)25-9-6-17-5-4-12-33-17/h4-5,12,15-16H,6-11,13-14,24H2,1-3H3,(H,25,30). The van der Waals surface area contributed by atoms with Crippen LogP contribution in [-0.4, -0.2) is 51.9 Å². The molecule has 2 aromatic heterocycles. The second-order valence-electron chi connectivity index (χ2n) is 9.01. The summed E-state index contributed by atoms with van der Waals surface area (Å²) in [6, 6.07) is 4.06. The molecule has 0 atom stereocenters. The number of nitrogen functional groups attached to an aromatic ring is 1. The van der Waals surface area contributed by atoms with Crippen molar-refractivity contribution in [1.29, 1.82) is 0 Å². The Morgan fingerprint density at radius 1 is 1.24 bits per heavy atom. The van der Waals surface area contributed by atoms with Crippen LogP contribution in [-0.2, 0) is 24.8 Å². The first-order valence-electron chi connectivity index (χ1n) is 11.3. The SMILES string of the molecule is CC(C)Cn1c(N)c(C(=O)CN2CCC(C(=O)NCCc3cccs3)CC2)c(=O)n(C)c1=O. The van der Waals surface area contributed by atoms with Crippen LogP contribution in [0.2, 0.25) is 0 Å². The first-order chi connectivity index (χ1) is 15.7. The molecule has 0 radical (unpaired) electrons. The third-order valence-electron chi connectivity index (χ3n) is 5.99. The lowest BCUT2D eigenvalue weighted by molar-refractivity contribution is -0.126. The predicted octanol–water partition coefficient (Wildman–Crippen LogP) is 1.10. The monoisotopic (exact) mass is 475 g/mol. The number of hydrogen-bond donors (Lipinski definition) is 2. The molecular formula is C23H33N5O4S. The van der Waals surface area contributed by atoms with Crippen molar-refractivity contribution in [2.45, 2.75) is 39.7 Å². The van der Waals surface area contributed by atoms with Crippen molar-refractivity contribution >= 4 is 28.8 Å². The van der Waals surface area contributed by atoms with Gasteiger partial charge >= 0.3 is 5.69 Å². The van der Waals surface area contributed by atoms with Crippen LogP contribution in [0.15, 0.2) is 27.1 Å². The molecule has 3 N–H and O–H groups in total. The molecule has 1 amide bonds. The molecule has 0 spiro atoms. The maximum Gasteiger partial charge on any atom is 0.332 e. The second kappa shape index (κ2) is 10.9. The van der Waals surface area contributed by atoms with Gasteiger partial charge in [0.15, 0.2) is 5.78 Å². The Morgan fingerprint density at radius 2 is 1.94 bits per heavy atom. The fourth-order valence-corrected chi connectivity index (χ4v) is 4.84. The van der Waals surface area contributed by atoms with E-state index >= 15 is 0 Å². The zero-order valence-electron chi connectivity index (χ0n) is 19.5. The van der Waals surface area contributed by atoms with E-state index in [0.717, 1.165) is 11.0 Å². The Kier molecular flexibility index (Phi) is 8.25. The summed E-state index contributed by atoms with van der Waals surface area (Å²) in [4.78, 5) is 53.7. The van der Waals surface area contributed by atoms with Crippen LogP contribution >= 0.6 is 11.3 Å². The van der Waals surface area contributed by atoms with Gasteiger partial charge in [-0.2, -0.15) is 0 Å². The molecule has 1 saturated heterocycles. The van der Waals surface area contributed by atoms with E-state index in [2.05, 4.69) is 11.4 Å². The molecule has 2 aromatic rings. The number of ketones is 1. The van der Waals surface area contributed by atoms with E-state index < -0.39 is 17.0 Å². The zero-order valence-corrected chi connectivity index (χ0v) is 20.3. The summed E-state index contributed by atoms with van der Waals surface area (Å²) >= 11 is 1.68. The smallest absolute Gasteiger partial charge is 0.332 e. The minimum Gasteiger partial charge on any atom is -0.384 e. The number of nitrogens with one attached hydrogen (secondary N) is 1. The number of carbonyl (C=O) groups is 2. The number of anilines is 1. The Morgan fingerprint density at radius 3 is 2.55 bits per heavy atom. The summed E-state index contributed by atoms with van der Waals surface area (Å²) in [5.74, 6) is -0.366. The fourth-order valence-electron chi connectivity index (χ4n) is 4.13. The first kappa shape index (κ1) is 24.9. The Hall–Kier alpha value is -2.72. The molecule has 0 unspecified atom stereocenters. The summed E-state index contributed by atoms with van der Waals surface area (Å²) in [6.45, 7) is 6.01. The summed E-state index contributed by atoms with van der Waals surface area (Å²) in [6.07, 6.45) is 2.13. The van der Waals surface area contributed by atoms with Crippen LogP contribution in [0.3, 0.4) is 0 Å². The third-order valence-corrected chi connectivity index (χ3v) is 6.92. The number of hydrogen-bond acceptors (Lipinski definition) is 7. The van der Waals surface area contributed by atoms with Crippen LogP contribution in [0.4, 0.5) is 5.82 Å². The number of Topliss-reactive ketones (excluding diaryl/α,β-unsaturated/α-hetero) is 1. The molecule has 3 rings (SSSR count). The van der Waals surface area contributed by atoms with Crippen LogP contribution < -0.4 is 22.3 Å². The highest BCUT2D eigenvalue weighted by Gasteiger charge is 2.28. The topological polar surface area (TPSA) is 119 Å². The van der Waals surface area contributed by atoms with Crippen molar-refractivity contribution < 1.29 is 9.59 Å². The lowest BCUT2D eigenvalue weighted by Crippen LogP contribution is -2.46. The number of nitrogens with zero attached hydrogens (tertiary/aromatic N) is 3. The Balaban J connectivity index is 1.58. The molecule has 1 aliphatic rings. The Bertz CT molecular complexity index is 1100. The van der Waals surface area contributed by atoms with Gasteiger partial charge in [-0.1, -0.05) is 19.9 Å². The van der Waals surface area contributed by atoms with Crippen LogP contribution in [0.25, 0.3) is 0 Å². The highest BCUT2D eigenvalue weighted by molar-refractivity contribution is 7.09. The van der Waals surface area contributed by atoms with Crippen molar-refractivity contribution in [3.63, 3.8) is 0 Å². The molecule has 3 heterocycles. The van der Waals surface area contributed by atoms with Gasteiger partial charge in [0.2, 0.25) is 5.91 Å². The molecule has 1 aliphatic heterocycles. The molecule has 1 fully saturated rings. The average molecular weight is 476 g/mol. The quantitative estimate of drug-likeness (QED) is 0.524. The fraction of sp³-hybridized carbons (Fsp3) is 0.565. The summed E-state index contributed by atoms with van der Waals surface area (Å²) in [7, 11) is 1.36. The molecule has 33 heavy (non-hydrogen) atoms. The molecule has 0 saturated carbocycles. The number of rotatable bonds is 9. The Labute approximate surface area is 197 Å². The molecule has 180 valence electrons. The molecule has 9 nitrogen and oxygen atoms in total. The second-order valence-corrected chi connectivity index (χ2v) is 10.0. The zero-order chi connectivity index (χ0) is 24.1. The number of aromatic nitrogens is 2. The van der Waals surface area contributed by atoms with Crippen molar-refractivity contribution in [3.05, 3.63) is 48.8 Å². The van der Waals surface area contributed by atoms with Crippen LogP contribution in [0, 0.1) is 11.8 Å². The number of amides is 1. The molecular weight excluding hydrogens is 442 g/mol. The average Bonchev–Trinajstić information content (AvgIpc) is 3.29. The molecule has 0 aromatic carbocycles. The van der Waals surface area contributed by atoms with Gasteiger partial charge in [-0.25, -0.2) is 4.79 Å². The van der Waals surface area contributed by atoms with Gasteiger partial charge in [-0.3, -0.25) is 28.4 Å². The van der Waals surface area contributed by atoms with Crippen molar-refractivity contribution in [3.8, 4) is 0 Å². The van der Waals surface area contributed by atoms with Crippen molar-refractivity contribution in [2.24, 2.45) is 18.9 Å². The van der Waals surface area contributed by atoms with E-state index in [9.17, 15) is 19.2 Å². The summed E-state index contributed by atoms with van der Waals surface area (Å²) in [5, 5.41) is 5.03. The highest BCUT2D eigenvalue weighted by atomic mass is 32.1. The van der Waals surface area contributed by atoms with Gasteiger partial charge in [0, 0.05) is 30.9 Å². The number of nitrogens with two attached hydrogens (primary N) is 1. The largest absolute Gasteiger partial charge is 0.384 e. The first-order valence-corrected chi connectivity index (χ1v) is 12.2. The van der Waals surface area contributed by atoms with Gasteiger partial charge in [-0.15, -0.1) is 11.3 Å². The van der Waals surface area contributed by atoms with Crippen molar-refractivity contribution in [2.75, 3.05) is 31.9 Å². The molecule has 0 aliphatic carbocycles. The number of thiophene rings is 1. The number of likely N-dealkylation sites (tertiary alicyclic amines) is 1. The van der Waals surface area contributed by atoms with E-state index in [1.54, 1.807) is 11.3 Å². The third kappa shape index (κ3) is 6.00. The van der Waals surface area contributed by atoms with E-state index in [1.807, 2.05) is 30.2 Å². The number of carbonyl (C=O) groups excluding carboxylic acids is 2. The van der Waals surface area contributed by atoms with Gasteiger partial charge in [0.05, 0.1) is 6.54 Å². The van der Waals surface area contributed by atoms with Gasteiger partial charge < -0.3 is 11.1 Å². The predicted molar refractivity (Wildman–Crippen MR) is 130 cm³/mol. The highest BCUT2D eigenvalue weighted by Crippen LogP contribution is 2.18. The summed E-state index contributed by atoms with van der Waals surface area (Å²) in [5.41, 5.74) is 4.79. The van der Waals surface area contributed by atoms with Gasteiger partial charge in [-0.05, 0) is 49.7 Å². The van der Waals surface area contributed by atoms with E-state index in [-0.39, 0.29) is 35.7 Å². The van der Waals surface area contributed by atoms with E-state index in [1.165, 1.54) is 16.5 Å². The summed E-state index contributed by atoms with van der Waals surface area (Å²) < 4.78 is 2.24. The lowest BCUT2D eigenvalue weighted by atomic mass is 9.95. The molecule has 10 heteroatoms. The van der Waals surface area contributed by atoms with Crippen molar-refractivity contribution in [1.82, 2.24) is 19.4 Å². The normalized spacial score (nSPS) is 15.2. The maximum absolute atomic E-state index is 13.0. The van der Waals surface area contributed by atoms with E-state index in [0.29, 0.717) is 39.0 Å². The number of piperidine rings is 1. The molecule has 0 bridgehead atoms. The minimum atomic E-state index is -0.664. The lowest BCUT2D eigenvalue weighted by Gasteiger charge is -2.30. The van der Waals surface area contributed by atoms with Crippen LogP contribution in [0.5, 0.6) is 0 Å².